The Morgan fingerprint density at radius 2 is 1.24 bits per heavy atom. The van der Waals surface area contributed by atoms with Crippen LogP contribution < -0.4 is 4.74 Å². The quantitative estimate of drug-likeness (QED) is 0.178. The van der Waals surface area contributed by atoms with Gasteiger partial charge in [-0.3, -0.25) is 4.98 Å². The Hall–Kier alpha value is -6.25. The van der Waals surface area contributed by atoms with Gasteiger partial charge in [-0.25, -0.2) is 0 Å². The largest absolute Gasteiger partial charge is 0.456 e. The van der Waals surface area contributed by atoms with Crippen LogP contribution in [-0.4, -0.2) is 4.98 Å². The standard InChI is InChI=1S/C47H31NO/c1-3-10-30(11-4-1)35-26-36(31-12-5-2-6-13-31)28-37(27-35)49-47-41-17-8-7-16-38(41)46(43-29-48-25-24-42(43)47)40-23-21-34-19-18-32-14-9-15-33-20-22-39(40)45(34)44(32)33/h1-13,15-18,20-29H,14,19H2. The van der Waals surface area contributed by atoms with Crippen LogP contribution in [0.4, 0.5) is 0 Å². The van der Waals surface area contributed by atoms with Gasteiger partial charge in [0.2, 0.25) is 0 Å². The lowest BCUT2D eigenvalue weighted by atomic mass is 9.79. The zero-order valence-corrected chi connectivity index (χ0v) is 26.9. The topological polar surface area (TPSA) is 22.1 Å². The maximum absolute atomic E-state index is 7.08. The molecule has 1 aromatic heterocycles. The van der Waals surface area contributed by atoms with Gasteiger partial charge in [-0.05, 0) is 109 Å². The molecule has 0 amide bonds. The van der Waals surface area contributed by atoms with Crippen molar-refractivity contribution in [3.05, 3.63) is 175 Å². The van der Waals surface area contributed by atoms with Gasteiger partial charge >= 0.3 is 0 Å². The lowest BCUT2D eigenvalue weighted by Crippen LogP contribution is -2.04. The molecule has 0 bridgehead atoms. The molecule has 0 spiro atoms. The smallest absolute Gasteiger partial charge is 0.143 e. The van der Waals surface area contributed by atoms with Crippen molar-refractivity contribution in [3.63, 3.8) is 0 Å². The average Bonchev–Trinajstić information content (AvgIpc) is 3.18. The molecule has 0 saturated carbocycles. The van der Waals surface area contributed by atoms with E-state index in [4.69, 9.17) is 4.74 Å². The number of aromatic nitrogens is 1. The van der Waals surface area contributed by atoms with Crippen LogP contribution in [0.5, 0.6) is 11.5 Å². The molecular formula is C47H31NO. The predicted molar refractivity (Wildman–Crippen MR) is 205 cm³/mol. The Morgan fingerprint density at radius 1 is 0.531 bits per heavy atom. The summed E-state index contributed by atoms with van der Waals surface area (Å²) in [5.74, 6) is 1.64. The Balaban J connectivity index is 1.21. The summed E-state index contributed by atoms with van der Waals surface area (Å²) < 4.78 is 7.08. The second-order valence-corrected chi connectivity index (χ2v) is 13.0. The lowest BCUT2D eigenvalue weighted by molar-refractivity contribution is 0.494. The summed E-state index contributed by atoms with van der Waals surface area (Å²) in [6, 6.07) is 47.7. The zero-order chi connectivity index (χ0) is 32.3. The van der Waals surface area contributed by atoms with Gasteiger partial charge in [0.05, 0.1) is 0 Å². The normalized spacial score (nSPS) is 13.2. The predicted octanol–water partition coefficient (Wildman–Crippen LogP) is 12.7. The van der Waals surface area contributed by atoms with Crippen LogP contribution in [0.15, 0.2) is 158 Å². The average molecular weight is 626 g/mol. The van der Waals surface area contributed by atoms with Gasteiger partial charge < -0.3 is 4.74 Å². The fourth-order valence-corrected chi connectivity index (χ4v) is 7.99. The van der Waals surface area contributed by atoms with Crippen molar-refractivity contribution in [1.29, 1.82) is 0 Å². The highest BCUT2D eigenvalue weighted by atomic mass is 16.5. The van der Waals surface area contributed by atoms with Gasteiger partial charge in [-0.2, -0.15) is 0 Å². The molecule has 230 valence electrons. The second kappa shape index (κ2) is 11.2. The van der Waals surface area contributed by atoms with E-state index in [0.717, 1.165) is 68.1 Å². The number of hydrogen-bond donors (Lipinski definition) is 0. The van der Waals surface area contributed by atoms with Crippen LogP contribution in [0.3, 0.4) is 0 Å². The zero-order valence-electron chi connectivity index (χ0n) is 26.9. The van der Waals surface area contributed by atoms with E-state index in [2.05, 4.69) is 157 Å². The number of fused-ring (bicyclic) bond motifs is 2. The van der Waals surface area contributed by atoms with Crippen LogP contribution in [0, 0.1) is 0 Å². The molecule has 2 aliphatic carbocycles. The summed E-state index contributed by atoms with van der Waals surface area (Å²) in [5, 5.41) is 7.04. The minimum absolute atomic E-state index is 0.798. The third-order valence-corrected chi connectivity index (χ3v) is 10.2. The molecule has 0 atom stereocenters. The van der Waals surface area contributed by atoms with Crippen molar-refractivity contribution in [1.82, 2.24) is 4.98 Å². The van der Waals surface area contributed by atoms with Gasteiger partial charge in [0.15, 0.2) is 0 Å². The maximum atomic E-state index is 7.08. The fourth-order valence-electron chi connectivity index (χ4n) is 7.99. The molecule has 0 aliphatic heterocycles. The molecule has 0 radical (unpaired) electrons. The van der Waals surface area contributed by atoms with Crippen LogP contribution in [0.2, 0.25) is 0 Å². The first-order valence-corrected chi connectivity index (χ1v) is 17.0. The molecule has 0 N–H and O–H groups in total. The third kappa shape index (κ3) is 4.52. The highest BCUT2D eigenvalue weighted by Crippen LogP contribution is 2.49. The summed E-state index contributed by atoms with van der Waals surface area (Å²) in [5.41, 5.74) is 12.5. The summed E-state index contributed by atoms with van der Waals surface area (Å²) in [4.78, 5) is 4.68. The first-order chi connectivity index (χ1) is 24.3. The number of pyridine rings is 1. The molecular weight excluding hydrogens is 595 g/mol. The van der Waals surface area contributed by atoms with Crippen LogP contribution >= 0.6 is 0 Å². The number of nitrogens with zero attached hydrogens (tertiary/aromatic N) is 1. The van der Waals surface area contributed by atoms with Crippen molar-refractivity contribution in [2.75, 3.05) is 0 Å². The molecule has 2 nitrogen and oxygen atoms in total. The minimum Gasteiger partial charge on any atom is -0.456 e. The minimum atomic E-state index is 0.798. The van der Waals surface area contributed by atoms with E-state index >= 15 is 0 Å². The van der Waals surface area contributed by atoms with Gasteiger partial charge in [0, 0.05) is 28.6 Å². The SMILES string of the molecule is C1=Cc2ccc3c(-c4c5ccccc5c(Oc5cc(-c6ccccc6)cc(-c6ccccc6)c5)c5ccncc45)ccc4c3c2C(=CC4)C1. The monoisotopic (exact) mass is 625 g/mol. The molecule has 7 aromatic carbocycles. The molecule has 0 unspecified atom stereocenters. The molecule has 2 heteroatoms. The van der Waals surface area contributed by atoms with E-state index in [0.29, 0.717) is 0 Å². The summed E-state index contributed by atoms with van der Waals surface area (Å²) in [6.07, 6.45) is 12.8. The first kappa shape index (κ1) is 27.8. The Bertz CT molecular complexity index is 2550. The van der Waals surface area contributed by atoms with E-state index in [1.807, 2.05) is 12.4 Å². The second-order valence-electron chi connectivity index (χ2n) is 13.0. The van der Waals surface area contributed by atoms with E-state index in [1.165, 1.54) is 44.2 Å². The highest BCUT2D eigenvalue weighted by molar-refractivity contribution is 6.21. The van der Waals surface area contributed by atoms with Crippen molar-refractivity contribution in [2.45, 2.75) is 12.8 Å². The molecule has 49 heavy (non-hydrogen) atoms. The number of allylic oxidation sites excluding steroid dienone is 3. The Labute approximate surface area is 285 Å². The number of rotatable bonds is 5. The van der Waals surface area contributed by atoms with E-state index < -0.39 is 0 Å². The summed E-state index contributed by atoms with van der Waals surface area (Å²) >= 11 is 0. The lowest BCUT2D eigenvalue weighted by Gasteiger charge is -2.25. The Morgan fingerprint density at radius 3 is 2.02 bits per heavy atom. The van der Waals surface area contributed by atoms with Crippen molar-refractivity contribution in [2.24, 2.45) is 0 Å². The Kier molecular flexibility index (Phi) is 6.35. The summed E-state index contributed by atoms with van der Waals surface area (Å²) in [7, 11) is 0. The fraction of sp³-hybridized carbons (Fsp3) is 0.0426. The van der Waals surface area contributed by atoms with Gasteiger partial charge in [-0.1, -0.05) is 127 Å². The van der Waals surface area contributed by atoms with Crippen molar-refractivity contribution >= 4 is 44.0 Å². The molecule has 1 heterocycles. The van der Waals surface area contributed by atoms with Gasteiger partial charge in [-0.15, -0.1) is 0 Å². The summed E-state index contributed by atoms with van der Waals surface area (Å²) in [6.45, 7) is 0. The van der Waals surface area contributed by atoms with Crippen LogP contribution in [-0.2, 0) is 6.42 Å². The molecule has 2 aliphatic rings. The first-order valence-electron chi connectivity index (χ1n) is 17.0. The van der Waals surface area contributed by atoms with E-state index in [1.54, 1.807) is 0 Å². The maximum Gasteiger partial charge on any atom is 0.143 e. The van der Waals surface area contributed by atoms with Crippen LogP contribution in [0.25, 0.3) is 77.3 Å². The molecule has 0 fully saturated rings. The highest BCUT2D eigenvalue weighted by Gasteiger charge is 2.24. The number of benzene rings is 7. The number of ether oxygens (including phenoxy) is 1. The van der Waals surface area contributed by atoms with E-state index in [9.17, 15) is 0 Å². The molecule has 8 aromatic rings. The van der Waals surface area contributed by atoms with Crippen molar-refractivity contribution in [3.8, 4) is 44.9 Å². The molecule has 10 rings (SSSR count). The van der Waals surface area contributed by atoms with E-state index in [-0.39, 0.29) is 0 Å². The van der Waals surface area contributed by atoms with Crippen LogP contribution in [0.1, 0.15) is 23.1 Å². The van der Waals surface area contributed by atoms with Crippen molar-refractivity contribution < 1.29 is 4.74 Å². The third-order valence-electron chi connectivity index (χ3n) is 10.2. The van der Waals surface area contributed by atoms with Gasteiger partial charge in [0.25, 0.3) is 0 Å². The molecule has 0 saturated heterocycles. The number of hydrogen-bond acceptors (Lipinski definition) is 2. The van der Waals surface area contributed by atoms with Gasteiger partial charge in [0.1, 0.15) is 11.5 Å².